The Morgan fingerprint density at radius 3 is 2.77 bits per heavy atom. The van der Waals surface area contributed by atoms with Crippen molar-refractivity contribution in [2.45, 2.75) is 20.0 Å². The molecule has 0 radical (unpaired) electrons. The lowest BCUT2D eigenvalue weighted by atomic mass is 10.2. The number of rotatable bonds is 6. The Labute approximate surface area is 171 Å². The third-order valence-corrected chi connectivity index (χ3v) is 4.64. The molecule has 4 rings (SSSR count). The van der Waals surface area contributed by atoms with E-state index in [0.29, 0.717) is 42.7 Å². The van der Waals surface area contributed by atoms with Crippen LogP contribution in [0.4, 0.5) is 15.0 Å². The molecule has 1 fully saturated rings. The van der Waals surface area contributed by atoms with Crippen molar-refractivity contribution >= 4 is 17.8 Å². The van der Waals surface area contributed by atoms with Gasteiger partial charge in [0.05, 0.1) is 6.54 Å². The largest absolute Gasteiger partial charge is 0.345 e. The van der Waals surface area contributed by atoms with E-state index in [-0.39, 0.29) is 24.3 Å². The third kappa shape index (κ3) is 4.27. The SMILES string of the molecule is Cc1nc(CNC(=O)c2ccnc(N3CCN(Cc4ccc(F)cc4)C3=O)c2)no1. The molecule has 3 aromatic rings. The molecule has 1 aromatic carbocycles. The first-order chi connectivity index (χ1) is 14.5. The maximum absolute atomic E-state index is 13.1. The van der Waals surface area contributed by atoms with Gasteiger partial charge >= 0.3 is 6.03 Å². The molecule has 1 saturated heterocycles. The zero-order valence-electron chi connectivity index (χ0n) is 16.2. The summed E-state index contributed by atoms with van der Waals surface area (Å²) in [6.07, 6.45) is 1.48. The first-order valence-electron chi connectivity index (χ1n) is 9.34. The van der Waals surface area contributed by atoms with Crippen molar-refractivity contribution in [1.82, 2.24) is 25.3 Å². The molecule has 1 N–H and O–H groups in total. The average Bonchev–Trinajstić information content (AvgIpc) is 3.33. The summed E-state index contributed by atoms with van der Waals surface area (Å²) >= 11 is 0. The Morgan fingerprint density at radius 2 is 2.03 bits per heavy atom. The number of amides is 3. The topological polar surface area (TPSA) is 104 Å². The number of nitrogens with one attached hydrogen (secondary N) is 1. The summed E-state index contributed by atoms with van der Waals surface area (Å²) in [5.74, 6) is 0.534. The van der Waals surface area contributed by atoms with E-state index in [1.807, 2.05) is 0 Å². The highest BCUT2D eigenvalue weighted by molar-refractivity contribution is 5.97. The van der Waals surface area contributed by atoms with Gasteiger partial charge in [0, 0.05) is 38.3 Å². The quantitative estimate of drug-likeness (QED) is 0.669. The Kier molecular flexibility index (Phi) is 5.38. The Hall–Kier alpha value is -3.82. The van der Waals surface area contributed by atoms with Crippen molar-refractivity contribution in [2.24, 2.45) is 0 Å². The highest BCUT2D eigenvalue weighted by atomic mass is 19.1. The van der Waals surface area contributed by atoms with Gasteiger partial charge in [-0.15, -0.1) is 0 Å². The summed E-state index contributed by atoms with van der Waals surface area (Å²) in [5.41, 5.74) is 1.20. The second-order valence-electron chi connectivity index (χ2n) is 6.80. The molecule has 154 valence electrons. The highest BCUT2D eigenvalue weighted by Crippen LogP contribution is 2.21. The fraction of sp³-hybridized carbons (Fsp3) is 0.250. The van der Waals surface area contributed by atoms with Crippen LogP contribution in [-0.4, -0.2) is 45.1 Å². The number of aryl methyl sites for hydroxylation is 1. The van der Waals surface area contributed by atoms with Gasteiger partial charge < -0.3 is 14.7 Å². The van der Waals surface area contributed by atoms with Gasteiger partial charge in [-0.25, -0.2) is 14.2 Å². The van der Waals surface area contributed by atoms with Crippen LogP contribution in [0, 0.1) is 12.7 Å². The number of carbonyl (C=O) groups is 2. The van der Waals surface area contributed by atoms with E-state index < -0.39 is 0 Å². The van der Waals surface area contributed by atoms with E-state index in [9.17, 15) is 14.0 Å². The normalized spacial score (nSPS) is 13.7. The Morgan fingerprint density at radius 1 is 1.23 bits per heavy atom. The second-order valence-corrected chi connectivity index (χ2v) is 6.80. The number of aromatic nitrogens is 3. The van der Waals surface area contributed by atoms with Gasteiger partial charge in [-0.1, -0.05) is 17.3 Å². The summed E-state index contributed by atoms with van der Waals surface area (Å²) < 4.78 is 17.9. The smallest absolute Gasteiger partial charge is 0.326 e. The molecule has 2 aromatic heterocycles. The van der Waals surface area contributed by atoms with E-state index >= 15 is 0 Å². The minimum atomic E-state index is -0.337. The van der Waals surface area contributed by atoms with Crippen LogP contribution in [0.5, 0.6) is 0 Å². The summed E-state index contributed by atoms with van der Waals surface area (Å²) in [7, 11) is 0. The molecule has 0 spiro atoms. The lowest BCUT2D eigenvalue weighted by Gasteiger charge is -2.18. The van der Waals surface area contributed by atoms with Gasteiger partial charge in [-0.2, -0.15) is 4.98 Å². The lowest BCUT2D eigenvalue weighted by molar-refractivity contribution is 0.0949. The zero-order chi connectivity index (χ0) is 21.1. The van der Waals surface area contributed by atoms with Crippen molar-refractivity contribution in [3.63, 3.8) is 0 Å². The maximum atomic E-state index is 13.1. The minimum absolute atomic E-state index is 0.127. The fourth-order valence-electron chi connectivity index (χ4n) is 3.13. The number of halogens is 1. The number of anilines is 1. The fourth-order valence-corrected chi connectivity index (χ4v) is 3.13. The predicted molar refractivity (Wildman–Crippen MR) is 104 cm³/mol. The Balaban J connectivity index is 1.41. The van der Waals surface area contributed by atoms with E-state index in [1.54, 1.807) is 36.1 Å². The second kappa shape index (κ2) is 8.27. The van der Waals surface area contributed by atoms with Crippen molar-refractivity contribution in [2.75, 3.05) is 18.0 Å². The summed E-state index contributed by atoms with van der Waals surface area (Å²) in [4.78, 5) is 36.7. The van der Waals surface area contributed by atoms with Gasteiger partial charge in [-0.05, 0) is 29.8 Å². The number of nitrogens with zero attached hydrogens (tertiary/aromatic N) is 5. The van der Waals surface area contributed by atoms with Crippen LogP contribution < -0.4 is 10.2 Å². The zero-order valence-corrected chi connectivity index (χ0v) is 16.2. The predicted octanol–water partition coefficient (Wildman–Crippen LogP) is 2.28. The summed E-state index contributed by atoms with van der Waals surface area (Å²) in [6, 6.07) is 8.96. The highest BCUT2D eigenvalue weighted by Gasteiger charge is 2.30. The van der Waals surface area contributed by atoms with Crippen molar-refractivity contribution < 1.29 is 18.5 Å². The van der Waals surface area contributed by atoms with Crippen LogP contribution in [0.15, 0.2) is 47.1 Å². The van der Waals surface area contributed by atoms with Crippen LogP contribution in [0.3, 0.4) is 0 Å². The number of carbonyl (C=O) groups excluding carboxylic acids is 2. The van der Waals surface area contributed by atoms with Crippen LogP contribution >= 0.6 is 0 Å². The van der Waals surface area contributed by atoms with Crippen LogP contribution in [0.25, 0.3) is 0 Å². The van der Waals surface area contributed by atoms with Crippen LogP contribution in [-0.2, 0) is 13.1 Å². The van der Waals surface area contributed by atoms with E-state index in [4.69, 9.17) is 4.52 Å². The third-order valence-electron chi connectivity index (χ3n) is 4.64. The number of hydrogen-bond acceptors (Lipinski definition) is 6. The molecule has 0 saturated carbocycles. The van der Waals surface area contributed by atoms with Gasteiger partial charge in [0.15, 0.2) is 5.82 Å². The molecule has 0 unspecified atom stereocenters. The van der Waals surface area contributed by atoms with Crippen LogP contribution in [0.2, 0.25) is 0 Å². The van der Waals surface area contributed by atoms with E-state index in [1.165, 1.54) is 23.2 Å². The molecule has 1 aliphatic heterocycles. The molecular weight excluding hydrogens is 391 g/mol. The van der Waals surface area contributed by atoms with Crippen molar-refractivity contribution in [3.8, 4) is 0 Å². The number of pyridine rings is 1. The van der Waals surface area contributed by atoms with Crippen molar-refractivity contribution in [1.29, 1.82) is 0 Å². The maximum Gasteiger partial charge on any atom is 0.326 e. The molecule has 1 aliphatic rings. The molecule has 0 aliphatic carbocycles. The van der Waals surface area contributed by atoms with Gasteiger partial charge in [0.25, 0.3) is 5.91 Å². The van der Waals surface area contributed by atoms with Gasteiger partial charge in [0.1, 0.15) is 11.6 Å². The van der Waals surface area contributed by atoms with Crippen LogP contribution in [0.1, 0.15) is 27.6 Å². The molecule has 9 nitrogen and oxygen atoms in total. The monoisotopic (exact) mass is 410 g/mol. The average molecular weight is 410 g/mol. The minimum Gasteiger partial charge on any atom is -0.345 e. The summed E-state index contributed by atoms with van der Waals surface area (Å²) in [6.45, 7) is 3.12. The first kappa shape index (κ1) is 19.5. The number of hydrogen-bond donors (Lipinski definition) is 1. The molecule has 0 atom stereocenters. The first-order valence-corrected chi connectivity index (χ1v) is 9.34. The molecule has 10 heteroatoms. The summed E-state index contributed by atoms with van der Waals surface area (Å²) in [5, 5.41) is 6.43. The van der Waals surface area contributed by atoms with E-state index in [0.717, 1.165) is 5.56 Å². The molecule has 0 bridgehead atoms. The molecular formula is C20H19FN6O3. The van der Waals surface area contributed by atoms with Crippen molar-refractivity contribution in [3.05, 3.63) is 71.3 Å². The molecule has 3 heterocycles. The van der Waals surface area contributed by atoms with E-state index in [2.05, 4.69) is 20.4 Å². The molecule has 30 heavy (non-hydrogen) atoms. The molecule has 3 amide bonds. The van der Waals surface area contributed by atoms with Gasteiger partial charge in [-0.3, -0.25) is 9.69 Å². The number of benzene rings is 1. The van der Waals surface area contributed by atoms with Gasteiger partial charge in [0.2, 0.25) is 5.89 Å². The number of urea groups is 1. The standard InChI is InChI=1S/C20H19FN6O3/c1-13-24-17(25-30-13)11-23-19(28)15-6-7-22-18(10-15)27-9-8-26(20(27)29)12-14-2-4-16(21)5-3-14/h2-7,10H,8-9,11-12H2,1H3,(H,23,28). The Bertz CT molecular complexity index is 1070. The lowest BCUT2D eigenvalue weighted by Crippen LogP contribution is -2.32.